The molecule has 2 aromatic heterocycles. The van der Waals surface area contributed by atoms with Gasteiger partial charge in [0.1, 0.15) is 11.4 Å². The molecule has 1 saturated heterocycles. The number of carbonyl (C=O) groups excluding carboxylic acids is 1. The molecule has 0 unspecified atom stereocenters. The van der Waals surface area contributed by atoms with Crippen molar-refractivity contribution >= 4 is 11.7 Å². The molecule has 8 nitrogen and oxygen atoms in total. The molecule has 1 aliphatic heterocycles. The predicted octanol–water partition coefficient (Wildman–Crippen LogP) is 1.18. The fourth-order valence-electron chi connectivity index (χ4n) is 3.01. The normalized spacial score (nSPS) is 14.7. The lowest BCUT2D eigenvalue weighted by atomic mass is 10.2. The van der Waals surface area contributed by atoms with E-state index in [1.165, 1.54) is 14.2 Å². The van der Waals surface area contributed by atoms with Crippen molar-refractivity contribution in [3.05, 3.63) is 41.6 Å². The third-order valence-electron chi connectivity index (χ3n) is 4.59. The van der Waals surface area contributed by atoms with Gasteiger partial charge in [-0.25, -0.2) is 4.98 Å². The van der Waals surface area contributed by atoms with E-state index in [1.807, 2.05) is 12.1 Å². The molecule has 27 heavy (non-hydrogen) atoms. The molecule has 3 heterocycles. The SMILES string of the molecule is COc1ccc(C(=O)NCc2cccnc2N2CCN(C)CC2)c(OC)n1. The van der Waals surface area contributed by atoms with Gasteiger partial charge in [0.25, 0.3) is 5.91 Å². The van der Waals surface area contributed by atoms with Crippen molar-refractivity contribution in [2.45, 2.75) is 6.54 Å². The zero-order chi connectivity index (χ0) is 19.2. The number of aromatic nitrogens is 2. The van der Waals surface area contributed by atoms with E-state index in [2.05, 4.69) is 32.1 Å². The standard InChI is InChI=1S/C19H25N5O3/c1-23-9-11-24(12-10-23)17-14(5-4-8-20-17)13-21-18(25)15-6-7-16(26-2)22-19(15)27-3/h4-8H,9-13H2,1-3H3,(H,21,25). The van der Waals surface area contributed by atoms with Crippen LogP contribution in [0.25, 0.3) is 0 Å². The fourth-order valence-corrected chi connectivity index (χ4v) is 3.01. The summed E-state index contributed by atoms with van der Waals surface area (Å²) in [6.07, 6.45) is 1.79. The number of anilines is 1. The van der Waals surface area contributed by atoms with Crippen LogP contribution in [0.2, 0.25) is 0 Å². The van der Waals surface area contributed by atoms with Crippen molar-refractivity contribution in [3.8, 4) is 11.8 Å². The van der Waals surface area contributed by atoms with Gasteiger partial charge in [-0.2, -0.15) is 4.98 Å². The maximum absolute atomic E-state index is 12.6. The summed E-state index contributed by atoms with van der Waals surface area (Å²) in [7, 11) is 5.11. The molecule has 0 radical (unpaired) electrons. The van der Waals surface area contributed by atoms with Crippen LogP contribution in [0, 0.1) is 0 Å². The number of rotatable bonds is 6. The molecule has 0 aliphatic carbocycles. The summed E-state index contributed by atoms with van der Waals surface area (Å²) in [6, 6.07) is 7.16. The highest BCUT2D eigenvalue weighted by Gasteiger charge is 2.19. The number of pyridine rings is 2. The topological polar surface area (TPSA) is 79.8 Å². The van der Waals surface area contributed by atoms with Crippen molar-refractivity contribution < 1.29 is 14.3 Å². The van der Waals surface area contributed by atoms with Gasteiger partial charge >= 0.3 is 0 Å². The summed E-state index contributed by atoms with van der Waals surface area (Å²) in [6.45, 7) is 4.22. The molecule has 1 amide bonds. The molecule has 0 bridgehead atoms. The monoisotopic (exact) mass is 371 g/mol. The van der Waals surface area contributed by atoms with Crippen LogP contribution in [0.5, 0.6) is 11.8 Å². The first-order chi connectivity index (χ1) is 13.1. The number of piperazine rings is 1. The lowest BCUT2D eigenvalue weighted by Crippen LogP contribution is -2.45. The highest BCUT2D eigenvalue weighted by atomic mass is 16.5. The zero-order valence-electron chi connectivity index (χ0n) is 15.9. The van der Waals surface area contributed by atoms with E-state index in [-0.39, 0.29) is 11.8 Å². The van der Waals surface area contributed by atoms with Crippen LogP contribution in [-0.2, 0) is 6.54 Å². The molecule has 1 aliphatic rings. The smallest absolute Gasteiger partial charge is 0.257 e. The van der Waals surface area contributed by atoms with E-state index in [0.717, 1.165) is 37.6 Å². The molecule has 2 aromatic rings. The van der Waals surface area contributed by atoms with Gasteiger partial charge in [0.15, 0.2) is 0 Å². The minimum absolute atomic E-state index is 0.234. The highest BCUT2D eigenvalue weighted by molar-refractivity contribution is 5.96. The first-order valence-corrected chi connectivity index (χ1v) is 8.87. The number of amides is 1. The summed E-state index contributed by atoms with van der Waals surface area (Å²) in [4.78, 5) is 25.9. The molecular formula is C19H25N5O3. The van der Waals surface area contributed by atoms with Crippen LogP contribution in [0.1, 0.15) is 15.9 Å². The van der Waals surface area contributed by atoms with Gasteiger partial charge < -0.3 is 24.6 Å². The average molecular weight is 371 g/mol. The molecule has 0 spiro atoms. The molecular weight excluding hydrogens is 346 g/mol. The zero-order valence-corrected chi connectivity index (χ0v) is 15.9. The highest BCUT2D eigenvalue weighted by Crippen LogP contribution is 2.21. The van der Waals surface area contributed by atoms with Gasteiger partial charge in [-0.3, -0.25) is 4.79 Å². The number of likely N-dealkylation sites (N-methyl/N-ethyl adjacent to an activating group) is 1. The van der Waals surface area contributed by atoms with E-state index in [9.17, 15) is 4.79 Å². The Morgan fingerprint density at radius 1 is 1.15 bits per heavy atom. The van der Waals surface area contributed by atoms with Crippen LogP contribution in [0.4, 0.5) is 5.82 Å². The lowest BCUT2D eigenvalue weighted by molar-refractivity contribution is 0.0947. The second-order valence-corrected chi connectivity index (χ2v) is 6.37. The second-order valence-electron chi connectivity index (χ2n) is 6.37. The predicted molar refractivity (Wildman–Crippen MR) is 102 cm³/mol. The second kappa shape index (κ2) is 8.68. The van der Waals surface area contributed by atoms with Gasteiger partial charge in [0.2, 0.25) is 11.8 Å². The minimum Gasteiger partial charge on any atom is -0.481 e. The Morgan fingerprint density at radius 2 is 1.93 bits per heavy atom. The Hall–Kier alpha value is -2.87. The van der Waals surface area contributed by atoms with Gasteiger partial charge in [0.05, 0.1) is 14.2 Å². The van der Waals surface area contributed by atoms with Gasteiger partial charge in [-0.05, 0) is 19.2 Å². The first-order valence-electron chi connectivity index (χ1n) is 8.87. The number of hydrogen-bond acceptors (Lipinski definition) is 7. The molecule has 0 atom stereocenters. The number of hydrogen-bond donors (Lipinski definition) is 1. The number of nitrogens with zero attached hydrogens (tertiary/aromatic N) is 4. The third-order valence-corrected chi connectivity index (χ3v) is 4.59. The number of methoxy groups -OCH3 is 2. The Bertz CT molecular complexity index is 791. The molecule has 1 N–H and O–H groups in total. The summed E-state index contributed by atoms with van der Waals surface area (Å²) < 4.78 is 10.3. The fraction of sp³-hybridized carbons (Fsp3) is 0.421. The summed E-state index contributed by atoms with van der Waals surface area (Å²) in [5, 5.41) is 2.94. The average Bonchev–Trinajstić information content (AvgIpc) is 2.72. The van der Waals surface area contributed by atoms with Crippen LogP contribution in [-0.4, -0.2) is 68.2 Å². The van der Waals surface area contributed by atoms with E-state index >= 15 is 0 Å². The van der Waals surface area contributed by atoms with Crippen LogP contribution in [0.3, 0.4) is 0 Å². The van der Waals surface area contributed by atoms with Crippen LogP contribution < -0.4 is 19.7 Å². The Labute approximate surface area is 159 Å². The molecule has 8 heteroatoms. The van der Waals surface area contributed by atoms with Crippen LogP contribution in [0.15, 0.2) is 30.5 Å². The van der Waals surface area contributed by atoms with Crippen molar-refractivity contribution in [2.24, 2.45) is 0 Å². The molecule has 1 fully saturated rings. The minimum atomic E-state index is -0.254. The van der Waals surface area contributed by atoms with Gasteiger partial charge in [-0.1, -0.05) is 6.07 Å². The molecule has 0 saturated carbocycles. The van der Waals surface area contributed by atoms with Gasteiger partial charge in [0, 0.05) is 50.6 Å². The van der Waals surface area contributed by atoms with Crippen molar-refractivity contribution in [1.82, 2.24) is 20.2 Å². The number of carbonyl (C=O) groups is 1. The van der Waals surface area contributed by atoms with Crippen molar-refractivity contribution in [2.75, 3.05) is 52.3 Å². The van der Waals surface area contributed by atoms with E-state index in [0.29, 0.717) is 18.0 Å². The summed E-state index contributed by atoms with van der Waals surface area (Å²) >= 11 is 0. The Morgan fingerprint density at radius 3 is 2.63 bits per heavy atom. The maximum Gasteiger partial charge on any atom is 0.257 e. The maximum atomic E-state index is 12.6. The largest absolute Gasteiger partial charge is 0.481 e. The van der Waals surface area contributed by atoms with Gasteiger partial charge in [-0.15, -0.1) is 0 Å². The number of nitrogens with one attached hydrogen (secondary N) is 1. The summed E-state index contributed by atoms with van der Waals surface area (Å²) in [5.41, 5.74) is 1.35. The quantitative estimate of drug-likeness (QED) is 0.817. The van der Waals surface area contributed by atoms with Crippen LogP contribution >= 0.6 is 0 Å². The molecule has 3 rings (SSSR count). The third kappa shape index (κ3) is 4.46. The lowest BCUT2D eigenvalue weighted by Gasteiger charge is -2.34. The number of ether oxygens (including phenoxy) is 2. The van der Waals surface area contributed by atoms with Crippen molar-refractivity contribution in [3.63, 3.8) is 0 Å². The van der Waals surface area contributed by atoms with Crippen molar-refractivity contribution in [1.29, 1.82) is 0 Å². The molecule has 144 valence electrons. The first kappa shape index (κ1) is 18.9. The van der Waals surface area contributed by atoms with E-state index in [1.54, 1.807) is 18.3 Å². The van der Waals surface area contributed by atoms with E-state index in [4.69, 9.17) is 9.47 Å². The molecule has 0 aromatic carbocycles. The Balaban J connectivity index is 1.71. The van der Waals surface area contributed by atoms with E-state index < -0.39 is 0 Å². The Kier molecular flexibility index (Phi) is 6.08. The summed E-state index contributed by atoms with van der Waals surface area (Å²) in [5.74, 6) is 1.30.